The van der Waals surface area contributed by atoms with Crippen molar-refractivity contribution in [3.8, 4) is 0 Å². The fraction of sp³-hybridized carbons (Fsp3) is 0.615. The van der Waals surface area contributed by atoms with Gasteiger partial charge < -0.3 is 16.0 Å². The summed E-state index contributed by atoms with van der Waals surface area (Å²) in [7, 11) is 0. The zero-order valence-corrected chi connectivity index (χ0v) is 14.1. The third-order valence-electron chi connectivity index (χ3n) is 2.38. The minimum atomic E-state index is -0.394. The van der Waals surface area contributed by atoms with Crippen LogP contribution >= 0.6 is 15.9 Å². The lowest BCUT2D eigenvalue weighted by atomic mass is 10.1. The van der Waals surface area contributed by atoms with E-state index in [1.807, 2.05) is 27.7 Å². The fourth-order valence-corrected chi connectivity index (χ4v) is 1.97. The molecule has 0 aliphatic carbocycles. The van der Waals surface area contributed by atoms with E-state index in [0.29, 0.717) is 11.6 Å². The molecule has 7 heteroatoms. The molecule has 20 heavy (non-hydrogen) atoms. The third-order valence-corrected chi connectivity index (χ3v) is 3.13. The second-order valence-electron chi connectivity index (χ2n) is 5.52. The minimum absolute atomic E-state index is 0.0759. The molecule has 1 atom stereocenters. The summed E-state index contributed by atoms with van der Waals surface area (Å²) in [6.45, 7) is 10.4. The van der Waals surface area contributed by atoms with Crippen LogP contribution in [-0.4, -0.2) is 34.0 Å². The number of anilines is 2. The molecule has 0 radical (unpaired) electrons. The molecule has 0 fully saturated rings. The highest BCUT2D eigenvalue weighted by atomic mass is 79.9. The number of amides is 1. The van der Waals surface area contributed by atoms with Crippen molar-refractivity contribution in [1.82, 2.24) is 15.3 Å². The molecule has 1 heterocycles. The number of carbonyl (C=O) groups is 1. The normalized spacial score (nSPS) is 12.7. The quantitative estimate of drug-likeness (QED) is 0.764. The van der Waals surface area contributed by atoms with E-state index in [0.717, 1.165) is 11.0 Å². The van der Waals surface area contributed by atoms with Gasteiger partial charge in [-0.25, -0.2) is 9.97 Å². The summed E-state index contributed by atoms with van der Waals surface area (Å²) in [6.07, 6.45) is 1.46. The number of nitrogens with one attached hydrogen (secondary N) is 3. The van der Waals surface area contributed by atoms with Crippen LogP contribution < -0.4 is 16.0 Å². The first-order valence-electron chi connectivity index (χ1n) is 6.57. The van der Waals surface area contributed by atoms with Crippen molar-refractivity contribution >= 4 is 33.5 Å². The molecule has 0 aliphatic heterocycles. The van der Waals surface area contributed by atoms with Crippen LogP contribution in [0.15, 0.2) is 10.8 Å². The van der Waals surface area contributed by atoms with E-state index in [2.05, 4.69) is 41.8 Å². The lowest BCUT2D eigenvalue weighted by molar-refractivity contribution is -0.122. The molecular formula is C13H22BrN5O. The van der Waals surface area contributed by atoms with E-state index in [1.165, 1.54) is 6.33 Å². The summed E-state index contributed by atoms with van der Waals surface area (Å²) in [5.41, 5.74) is -0.259. The highest BCUT2D eigenvalue weighted by Gasteiger charge is 2.20. The second-order valence-corrected chi connectivity index (χ2v) is 6.31. The SMILES string of the molecule is CCNc1ncnc(NC(C)C(=O)NC(C)(C)C)c1Br. The van der Waals surface area contributed by atoms with Gasteiger partial charge in [0.2, 0.25) is 5.91 Å². The summed E-state index contributed by atoms with van der Waals surface area (Å²) < 4.78 is 0.720. The van der Waals surface area contributed by atoms with Crippen LogP contribution in [0.4, 0.5) is 11.6 Å². The van der Waals surface area contributed by atoms with Crippen molar-refractivity contribution in [1.29, 1.82) is 0 Å². The van der Waals surface area contributed by atoms with Crippen molar-refractivity contribution in [2.24, 2.45) is 0 Å². The first-order valence-corrected chi connectivity index (χ1v) is 7.37. The Morgan fingerprint density at radius 3 is 2.50 bits per heavy atom. The summed E-state index contributed by atoms with van der Waals surface area (Å²) in [6, 6.07) is -0.394. The largest absolute Gasteiger partial charge is 0.369 e. The maximum absolute atomic E-state index is 12.0. The molecule has 1 aromatic rings. The van der Waals surface area contributed by atoms with Crippen molar-refractivity contribution in [3.05, 3.63) is 10.8 Å². The summed E-state index contributed by atoms with van der Waals surface area (Å²) in [4.78, 5) is 20.3. The zero-order chi connectivity index (χ0) is 15.3. The van der Waals surface area contributed by atoms with Crippen LogP contribution in [-0.2, 0) is 4.79 Å². The van der Waals surface area contributed by atoms with Gasteiger partial charge in [-0.3, -0.25) is 4.79 Å². The molecule has 3 N–H and O–H groups in total. The highest BCUT2D eigenvalue weighted by Crippen LogP contribution is 2.26. The highest BCUT2D eigenvalue weighted by molar-refractivity contribution is 9.10. The van der Waals surface area contributed by atoms with Crippen LogP contribution in [0.25, 0.3) is 0 Å². The molecule has 0 bridgehead atoms. The molecule has 0 aliphatic rings. The molecular weight excluding hydrogens is 322 g/mol. The fourth-order valence-electron chi connectivity index (χ4n) is 1.51. The average Bonchev–Trinajstić information content (AvgIpc) is 2.32. The number of halogens is 1. The lowest BCUT2D eigenvalue weighted by Crippen LogP contribution is -2.47. The first kappa shape index (κ1) is 16.7. The predicted molar refractivity (Wildman–Crippen MR) is 84.9 cm³/mol. The van der Waals surface area contributed by atoms with Gasteiger partial charge in [-0.15, -0.1) is 0 Å². The summed E-state index contributed by atoms with van der Waals surface area (Å²) in [5.74, 6) is 1.22. The van der Waals surface area contributed by atoms with E-state index >= 15 is 0 Å². The lowest BCUT2D eigenvalue weighted by Gasteiger charge is -2.24. The molecule has 0 saturated carbocycles. The van der Waals surface area contributed by atoms with Gasteiger partial charge in [0, 0.05) is 12.1 Å². The maximum atomic E-state index is 12.0. The molecule has 6 nitrogen and oxygen atoms in total. The van der Waals surface area contributed by atoms with E-state index in [1.54, 1.807) is 6.92 Å². The number of rotatable bonds is 5. The van der Waals surface area contributed by atoms with Crippen LogP contribution in [0.3, 0.4) is 0 Å². The van der Waals surface area contributed by atoms with Crippen LogP contribution in [0.1, 0.15) is 34.6 Å². The Hall–Kier alpha value is -1.37. The molecule has 0 spiro atoms. The Labute approximate surface area is 128 Å². The Kier molecular flexibility index (Phi) is 5.74. The van der Waals surface area contributed by atoms with E-state index in [4.69, 9.17) is 0 Å². The van der Waals surface area contributed by atoms with Crippen molar-refractivity contribution < 1.29 is 4.79 Å². The standard InChI is InChI=1S/C13H22BrN5O/c1-6-15-10-9(14)11(17-7-16-10)18-8(2)12(20)19-13(3,4)5/h7-8H,6H2,1-5H3,(H,19,20)(H2,15,16,17,18). The smallest absolute Gasteiger partial charge is 0.242 e. The first-order chi connectivity index (χ1) is 9.24. The number of nitrogens with zero attached hydrogens (tertiary/aromatic N) is 2. The maximum Gasteiger partial charge on any atom is 0.242 e. The predicted octanol–water partition coefficient (Wildman–Crippen LogP) is 2.39. The van der Waals surface area contributed by atoms with E-state index in [-0.39, 0.29) is 11.4 Å². The molecule has 0 aromatic carbocycles. The molecule has 1 unspecified atom stereocenters. The molecule has 112 valence electrons. The van der Waals surface area contributed by atoms with Gasteiger partial charge in [0.05, 0.1) is 0 Å². The molecule has 1 aromatic heterocycles. The van der Waals surface area contributed by atoms with E-state index in [9.17, 15) is 4.79 Å². The van der Waals surface area contributed by atoms with E-state index < -0.39 is 6.04 Å². The van der Waals surface area contributed by atoms with Gasteiger partial charge in [-0.1, -0.05) is 0 Å². The van der Waals surface area contributed by atoms with Gasteiger partial charge in [0.1, 0.15) is 28.5 Å². The number of carbonyl (C=O) groups excluding carboxylic acids is 1. The average molecular weight is 344 g/mol. The Bertz CT molecular complexity index is 472. The Morgan fingerprint density at radius 2 is 1.95 bits per heavy atom. The Morgan fingerprint density at radius 1 is 1.35 bits per heavy atom. The number of hydrogen-bond acceptors (Lipinski definition) is 5. The summed E-state index contributed by atoms with van der Waals surface area (Å²) >= 11 is 3.44. The monoisotopic (exact) mass is 343 g/mol. The van der Waals surface area contributed by atoms with Gasteiger partial charge in [0.15, 0.2) is 0 Å². The van der Waals surface area contributed by atoms with Crippen molar-refractivity contribution in [2.45, 2.75) is 46.2 Å². The summed E-state index contributed by atoms with van der Waals surface area (Å²) in [5, 5.41) is 9.12. The van der Waals surface area contributed by atoms with Gasteiger partial charge in [-0.2, -0.15) is 0 Å². The Balaban J connectivity index is 2.78. The minimum Gasteiger partial charge on any atom is -0.369 e. The van der Waals surface area contributed by atoms with Crippen molar-refractivity contribution in [3.63, 3.8) is 0 Å². The molecule has 1 rings (SSSR count). The third kappa shape index (κ3) is 4.96. The van der Waals surface area contributed by atoms with Crippen LogP contribution in [0, 0.1) is 0 Å². The molecule has 1 amide bonds. The van der Waals surface area contributed by atoms with Crippen molar-refractivity contribution in [2.75, 3.05) is 17.2 Å². The topological polar surface area (TPSA) is 78.9 Å². The second kappa shape index (κ2) is 6.88. The van der Waals surface area contributed by atoms with Gasteiger partial charge in [0.25, 0.3) is 0 Å². The number of aromatic nitrogens is 2. The molecule has 0 saturated heterocycles. The van der Waals surface area contributed by atoms with Crippen LogP contribution in [0.5, 0.6) is 0 Å². The zero-order valence-electron chi connectivity index (χ0n) is 12.5. The van der Waals surface area contributed by atoms with Gasteiger partial charge >= 0.3 is 0 Å². The van der Waals surface area contributed by atoms with Gasteiger partial charge in [-0.05, 0) is 50.5 Å². The van der Waals surface area contributed by atoms with Crippen LogP contribution in [0.2, 0.25) is 0 Å². The number of hydrogen-bond donors (Lipinski definition) is 3.